The van der Waals surface area contributed by atoms with Gasteiger partial charge in [0.1, 0.15) is 12.1 Å². The van der Waals surface area contributed by atoms with E-state index in [0.717, 1.165) is 24.3 Å². The zero-order chi connectivity index (χ0) is 23.9. The molecular formula is C22H24F3N3O4. The van der Waals surface area contributed by atoms with Gasteiger partial charge in [0.05, 0.1) is 5.56 Å². The molecule has 0 saturated carbocycles. The number of alkyl halides is 3. The van der Waals surface area contributed by atoms with Gasteiger partial charge < -0.3 is 20.7 Å². The maximum atomic E-state index is 12.6. The molecule has 10 heteroatoms. The van der Waals surface area contributed by atoms with Gasteiger partial charge >= 0.3 is 12.3 Å². The van der Waals surface area contributed by atoms with Crippen LogP contribution in [0.3, 0.4) is 0 Å². The highest BCUT2D eigenvalue weighted by Crippen LogP contribution is 2.29. The van der Waals surface area contributed by atoms with Crippen molar-refractivity contribution < 1.29 is 32.3 Å². The number of para-hydroxylation sites is 1. The van der Waals surface area contributed by atoms with E-state index in [0.29, 0.717) is 11.3 Å². The smallest absolute Gasteiger partial charge is 0.416 e. The van der Waals surface area contributed by atoms with Gasteiger partial charge in [-0.1, -0.05) is 18.2 Å². The number of benzene rings is 2. The number of ether oxygens (including phenoxy) is 1. The lowest BCUT2D eigenvalue weighted by Crippen LogP contribution is -2.37. The Morgan fingerprint density at radius 1 is 0.906 bits per heavy atom. The van der Waals surface area contributed by atoms with Crippen LogP contribution in [0.15, 0.2) is 48.5 Å². The zero-order valence-corrected chi connectivity index (χ0v) is 17.8. The second-order valence-electron chi connectivity index (χ2n) is 7.82. The first-order chi connectivity index (χ1) is 14.8. The summed E-state index contributed by atoms with van der Waals surface area (Å²) in [4.78, 5) is 36.1. The van der Waals surface area contributed by atoms with Crippen LogP contribution in [0.5, 0.6) is 0 Å². The minimum Gasteiger partial charge on any atom is -0.444 e. The van der Waals surface area contributed by atoms with E-state index in [1.807, 2.05) is 0 Å². The molecule has 0 saturated heterocycles. The van der Waals surface area contributed by atoms with Crippen LogP contribution in [0, 0.1) is 0 Å². The molecule has 0 radical (unpaired) electrons. The molecule has 2 aromatic carbocycles. The average Bonchev–Trinajstić information content (AvgIpc) is 2.69. The van der Waals surface area contributed by atoms with Crippen LogP contribution in [-0.4, -0.2) is 30.1 Å². The van der Waals surface area contributed by atoms with Crippen LogP contribution >= 0.6 is 0 Å². The molecule has 0 aliphatic heterocycles. The Balaban J connectivity index is 1.93. The lowest BCUT2D eigenvalue weighted by Gasteiger charge is -2.19. The summed E-state index contributed by atoms with van der Waals surface area (Å²) < 4.78 is 43.0. The van der Waals surface area contributed by atoms with E-state index in [2.05, 4.69) is 16.0 Å². The number of amides is 3. The van der Waals surface area contributed by atoms with E-state index in [1.54, 1.807) is 45.0 Å². The molecule has 32 heavy (non-hydrogen) atoms. The highest BCUT2D eigenvalue weighted by molar-refractivity contribution is 5.95. The molecule has 2 rings (SSSR count). The predicted octanol–water partition coefficient (Wildman–Crippen LogP) is 4.10. The van der Waals surface area contributed by atoms with E-state index in [-0.39, 0.29) is 18.7 Å². The summed E-state index contributed by atoms with van der Waals surface area (Å²) in [5.41, 5.74) is -0.490. The monoisotopic (exact) mass is 451 g/mol. The molecular weight excluding hydrogens is 427 g/mol. The van der Waals surface area contributed by atoms with Crippen LogP contribution in [0.1, 0.15) is 42.3 Å². The Bertz CT molecular complexity index is 968. The third kappa shape index (κ3) is 7.93. The summed E-state index contributed by atoms with van der Waals surface area (Å²) in [5, 5.41) is 7.58. The van der Waals surface area contributed by atoms with Crippen molar-refractivity contribution in [1.29, 1.82) is 0 Å². The molecule has 2 aromatic rings. The number of carbonyl (C=O) groups excluding carboxylic acids is 3. The van der Waals surface area contributed by atoms with Gasteiger partial charge in [0, 0.05) is 17.8 Å². The van der Waals surface area contributed by atoms with Gasteiger partial charge in [-0.2, -0.15) is 13.2 Å². The van der Waals surface area contributed by atoms with Gasteiger partial charge in [0.15, 0.2) is 0 Å². The molecule has 0 heterocycles. The van der Waals surface area contributed by atoms with Crippen LogP contribution < -0.4 is 16.0 Å². The molecule has 3 amide bonds. The van der Waals surface area contributed by atoms with E-state index in [1.165, 1.54) is 0 Å². The topological polar surface area (TPSA) is 96.5 Å². The maximum absolute atomic E-state index is 12.6. The van der Waals surface area contributed by atoms with E-state index >= 15 is 0 Å². The maximum Gasteiger partial charge on any atom is 0.416 e. The Morgan fingerprint density at radius 3 is 2.12 bits per heavy atom. The number of hydrogen-bond acceptors (Lipinski definition) is 4. The van der Waals surface area contributed by atoms with E-state index in [4.69, 9.17) is 4.74 Å². The first-order valence-corrected chi connectivity index (χ1v) is 9.65. The van der Waals surface area contributed by atoms with Crippen molar-refractivity contribution in [2.45, 2.75) is 39.1 Å². The summed E-state index contributed by atoms with van der Waals surface area (Å²) in [6.07, 6.45) is -5.21. The Morgan fingerprint density at radius 2 is 1.53 bits per heavy atom. The van der Waals surface area contributed by atoms with Crippen LogP contribution in [0.25, 0.3) is 0 Å². The Labute approximate surface area is 183 Å². The summed E-state index contributed by atoms with van der Waals surface area (Å²) in [6.45, 7) is 4.79. The lowest BCUT2D eigenvalue weighted by atomic mass is 10.1. The third-order valence-electron chi connectivity index (χ3n) is 4.00. The fourth-order valence-electron chi connectivity index (χ4n) is 2.55. The SMILES string of the molecule is CC(C)(C)OC(=O)NCC(=O)Nc1ccccc1CNC(=O)c1ccc(C(F)(F)F)cc1. The summed E-state index contributed by atoms with van der Waals surface area (Å²) >= 11 is 0. The highest BCUT2D eigenvalue weighted by Gasteiger charge is 2.30. The molecule has 0 bridgehead atoms. The van der Waals surface area contributed by atoms with Crippen LogP contribution in [0.4, 0.5) is 23.7 Å². The number of alkyl carbamates (subject to hydrolysis) is 1. The van der Waals surface area contributed by atoms with E-state index in [9.17, 15) is 27.6 Å². The minimum absolute atomic E-state index is 0.0236. The standard InChI is InChI=1S/C22H24F3N3O4/c1-21(2,3)32-20(31)27-13-18(29)28-17-7-5-4-6-15(17)12-26-19(30)14-8-10-16(11-9-14)22(23,24)25/h4-11H,12-13H2,1-3H3,(H,26,30)(H,27,31)(H,28,29). The Hall–Kier alpha value is -3.56. The number of nitrogens with one attached hydrogen (secondary N) is 3. The minimum atomic E-state index is -4.48. The number of halogens is 3. The Kier molecular flexibility index (Phi) is 7.85. The summed E-state index contributed by atoms with van der Waals surface area (Å²) in [6, 6.07) is 10.5. The van der Waals surface area contributed by atoms with Crippen molar-refractivity contribution in [2.24, 2.45) is 0 Å². The summed E-state index contributed by atoms with van der Waals surface area (Å²) in [7, 11) is 0. The van der Waals surface area contributed by atoms with Crippen LogP contribution in [-0.2, 0) is 22.3 Å². The molecule has 0 aliphatic rings. The normalized spacial score (nSPS) is 11.4. The van der Waals surface area contributed by atoms with Gasteiger partial charge in [-0.25, -0.2) is 4.79 Å². The lowest BCUT2D eigenvalue weighted by molar-refractivity contribution is -0.137. The number of rotatable bonds is 6. The van der Waals surface area contributed by atoms with Crippen molar-refractivity contribution in [3.63, 3.8) is 0 Å². The zero-order valence-electron chi connectivity index (χ0n) is 17.8. The second kappa shape index (κ2) is 10.2. The molecule has 0 atom stereocenters. The molecule has 0 fully saturated rings. The first kappa shape index (κ1) is 24.7. The molecule has 0 unspecified atom stereocenters. The van der Waals surface area contributed by atoms with Crippen molar-refractivity contribution in [2.75, 3.05) is 11.9 Å². The highest BCUT2D eigenvalue weighted by atomic mass is 19.4. The van der Waals surface area contributed by atoms with Crippen molar-refractivity contribution in [3.8, 4) is 0 Å². The van der Waals surface area contributed by atoms with Crippen molar-refractivity contribution >= 4 is 23.6 Å². The fraction of sp³-hybridized carbons (Fsp3) is 0.318. The second-order valence-corrected chi connectivity index (χ2v) is 7.82. The molecule has 0 aromatic heterocycles. The molecule has 0 spiro atoms. The molecule has 3 N–H and O–H groups in total. The number of carbonyl (C=O) groups is 3. The van der Waals surface area contributed by atoms with Gasteiger partial charge in [-0.3, -0.25) is 9.59 Å². The summed E-state index contributed by atoms with van der Waals surface area (Å²) in [5.74, 6) is -1.07. The van der Waals surface area contributed by atoms with Gasteiger partial charge in [0.2, 0.25) is 5.91 Å². The first-order valence-electron chi connectivity index (χ1n) is 9.65. The average molecular weight is 451 g/mol. The fourth-order valence-corrected chi connectivity index (χ4v) is 2.55. The quantitative estimate of drug-likeness (QED) is 0.616. The van der Waals surface area contributed by atoms with Crippen LogP contribution in [0.2, 0.25) is 0 Å². The van der Waals surface area contributed by atoms with Gasteiger partial charge in [-0.15, -0.1) is 0 Å². The predicted molar refractivity (Wildman–Crippen MR) is 112 cm³/mol. The largest absolute Gasteiger partial charge is 0.444 e. The molecule has 172 valence electrons. The van der Waals surface area contributed by atoms with Crippen molar-refractivity contribution in [3.05, 3.63) is 65.2 Å². The molecule has 7 nitrogen and oxygen atoms in total. The van der Waals surface area contributed by atoms with Gasteiger partial charge in [0.25, 0.3) is 5.91 Å². The van der Waals surface area contributed by atoms with E-state index < -0.39 is 35.2 Å². The number of hydrogen-bond donors (Lipinski definition) is 3. The van der Waals surface area contributed by atoms with Gasteiger partial charge in [-0.05, 0) is 56.7 Å². The van der Waals surface area contributed by atoms with Crippen molar-refractivity contribution in [1.82, 2.24) is 10.6 Å². The third-order valence-corrected chi connectivity index (χ3v) is 4.00. The molecule has 0 aliphatic carbocycles. The number of anilines is 1.